The maximum Gasteiger partial charge on any atom is 0.235 e. The van der Waals surface area contributed by atoms with Gasteiger partial charge in [-0.1, -0.05) is 35.5 Å². The Morgan fingerprint density at radius 1 is 1.30 bits per heavy atom. The largest absolute Gasteiger partial charge is 0.484 e. The lowest BCUT2D eigenvalue weighted by atomic mass is 10.3. The van der Waals surface area contributed by atoms with Crippen molar-refractivity contribution >= 4 is 35.1 Å². The number of thioether (sulfide) groups is 1. The smallest absolute Gasteiger partial charge is 0.235 e. The number of anilines is 1. The highest BCUT2D eigenvalue weighted by atomic mass is 35.5. The SMILES string of the molecule is Cc1cc(NC(=O)CSc2nnc(COc3ccccc3Cl)n2C)n(C)n1. The number of aromatic nitrogens is 5. The molecule has 0 saturated carbocycles. The molecule has 0 radical (unpaired) electrons. The Bertz CT molecular complexity index is 955. The molecule has 0 unspecified atom stereocenters. The van der Waals surface area contributed by atoms with Crippen molar-refractivity contribution in [1.29, 1.82) is 0 Å². The van der Waals surface area contributed by atoms with Crippen molar-refractivity contribution < 1.29 is 9.53 Å². The van der Waals surface area contributed by atoms with Gasteiger partial charge < -0.3 is 14.6 Å². The van der Waals surface area contributed by atoms with Crippen LogP contribution in [0, 0.1) is 6.92 Å². The van der Waals surface area contributed by atoms with E-state index in [2.05, 4.69) is 20.6 Å². The number of rotatable bonds is 7. The zero-order valence-corrected chi connectivity index (χ0v) is 16.7. The zero-order valence-electron chi connectivity index (χ0n) is 15.1. The molecule has 8 nitrogen and oxygen atoms in total. The first-order valence-electron chi connectivity index (χ1n) is 8.13. The van der Waals surface area contributed by atoms with Crippen LogP contribution in [0.4, 0.5) is 5.82 Å². The molecule has 3 aromatic rings. The number of nitrogens with zero attached hydrogens (tertiary/aromatic N) is 5. The van der Waals surface area contributed by atoms with Gasteiger partial charge >= 0.3 is 0 Å². The summed E-state index contributed by atoms with van der Waals surface area (Å²) < 4.78 is 9.11. The summed E-state index contributed by atoms with van der Waals surface area (Å²) in [5.74, 6) is 1.95. The first-order valence-corrected chi connectivity index (χ1v) is 9.49. The Balaban J connectivity index is 1.55. The number of hydrogen-bond donors (Lipinski definition) is 1. The Kier molecular flexibility index (Phi) is 6.02. The standard InChI is InChI=1S/C17H19ClN6O2S/c1-11-8-14(24(3)22-11)19-16(25)10-27-17-21-20-15(23(17)2)9-26-13-7-5-4-6-12(13)18/h4-8H,9-10H2,1-3H3,(H,19,25). The fourth-order valence-electron chi connectivity index (χ4n) is 2.34. The van der Waals surface area contributed by atoms with Crippen LogP contribution in [-0.2, 0) is 25.5 Å². The van der Waals surface area contributed by atoms with Crippen molar-refractivity contribution in [3.8, 4) is 5.75 Å². The van der Waals surface area contributed by atoms with Crippen LogP contribution in [0.15, 0.2) is 35.5 Å². The van der Waals surface area contributed by atoms with E-state index in [1.54, 1.807) is 28.4 Å². The fraction of sp³-hybridized carbons (Fsp3) is 0.294. The highest BCUT2D eigenvalue weighted by Crippen LogP contribution is 2.24. The third-order valence-corrected chi connectivity index (χ3v) is 5.05. The summed E-state index contributed by atoms with van der Waals surface area (Å²) in [6, 6.07) is 9.05. The van der Waals surface area contributed by atoms with E-state index in [1.165, 1.54) is 11.8 Å². The van der Waals surface area contributed by atoms with Gasteiger partial charge in [0.25, 0.3) is 0 Å². The maximum absolute atomic E-state index is 12.1. The molecule has 0 aliphatic heterocycles. The van der Waals surface area contributed by atoms with Crippen LogP contribution in [0.1, 0.15) is 11.5 Å². The van der Waals surface area contributed by atoms with E-state index >= 15 is 0 Å². The molecule has 27 heavy (non-hydrogen) atoms. The quantitative estimate of drug-likeness (QED) is 0.607. The van der Waals surface area contributed by atoms with Crippen LogP contribution < -0.4 is 10.1 Å². The molecule has 1 aromatic carbocycles. The van der Waals surface area contributed by atoms with Gasteiger partial charge in [0, 0.05) is 20.2 Å². The van der Waals surface area contributed by atoms with Crippen LogP contribution in [0.5, 0.6) is 5.75 Å². The van der Waals surface area contributed by atoms with Gasteiger partial charge in [-0.05, 0) is 19.1 Å². The van der Waals surface area contributed by atoms with Gasteiger partial charge in [0.15, 0.2) is 11.0 Å². The van der Waals surface area contributed by atoms with Crippen molar-refractivity contribution in [2.45, 2.75) is 18.7 Å². The van der Waals surface area contributed by atoms with Crippen LogP contribution in [-0.4, -0.2) is 36.2 Å². The highest BCUT2D eigenvalue weighted by Gasteiger charge is 2.13. The van der Waals surface area contributed by atoms with Crippen molar-refractivity contribution in [3.63, 3.8) is 0 Å². The van der Waals surface area contributed by atoms with E-state index < -0.39 is 0 Å². The fourth-order valence-corrected chi connectivity index (χ4v) is 3.26. The summed E-state index contributed by atoms with van der Waals surface area (Å²) in [4.78, 5) is 12.1. The molecule has 0 aliphatic rings. The van der Waals surface area contributed by atoms with Gasteiger partial charge in [-0.15, -0.1) is 10.2 Å². The van der Waals surface area contributed by atoms with E-state index in [0.29, 0.717) is 27.6 Å². The summed E-state index contributed by atoms with van der Waals surface area (Å²) in [5.41, 5.74) is 0.844. The molecule has 2 heterocycles. The predicted molar refractivity (Wildman–Crippen MR) is 104 cm³/mol. The minimum Gasteiger partial charge on any atom is -0.484 e. The lowest BCUT2D eigenvalue weighted by Crippen LogP contribution is -2.16. The molecule has 0 saturated heterocycles. The molecule has 0 fully saturated rings. The van der Waals surface area contributed by atoms with Gasteiger partial charge in [-0.3, -0.25) is 9.48 Å². The molecule has 1 N–H and O–H groups in total. The second-order valence-corrected chi connectivity index (χ2v) is 7.16. The van der Waals surface area contributed by atoms with E-state index in [4.69, 9.17) is 16.3 Å². The monoisotopic (exact) mass is 406 g/mol. The number of ether oxygens (including phenoxy) is 1. The van der Waals surface area contributed by atoms with Crippen LogP contribution in [0.25, 0.3) is 0 Å². The average molecular weight is 407 g/mol. The molecule has 142 valence electrons. The second kappa shape index (κ2) is 8.45. The molecule has 0 atom stereocenters. The Morgan fingerprint density at radius 3 is 2.78 bits per heavy atom. The van der Waals surface area contributed by atoms with Crippen molar-refractivity contribution in [1.82, 2.24) is 24.5 Å². The number of benzene rings is 1. The first kappa shape index (κ1) is 19.2. The summed E-state index contributed by atoms with van der Waals surface area (Å²) in [6.45, 7) is 2.10. The Morgan fingerprint density at radius 2 is 2.07 bits per heavy atom. The highest BCUT2D eigenvalue weighted by molar-refractivity contribution is 7.99. The van der Waals surface area contributed by atoms with Gasteiger partial charge in [0.1, 0.15) is 18.2 Å². The van der Waals surface area contributed by atoms with Gasteiger partial charge in [0.05, 0.1) is 16.5 Å². The summed E-state index contributed by atoms with van der Waals surface area (Å²) in [5, 5.41) is 16.4. The summed E-state index contributed by atoms with van der Waals surface area (Å²) in [6.07, 6.45) is 0. The Labute approximate surface area is 165 Å². The van der Waals surface area contributed by atoms with Crippen molar-refractivity contribution in [3.05, 3.63) is 46.9 Å². The van der Waals surface area contributed by atoms with E-state index in [1.807, 2.05) is 32.2 Å². The van der Waals surface area contributed by atoms with Crippen molar-refractivity contribution in [2.24, 2.45) is 14.1 Å². The summed E-state index contributed by atoms with van der Waals surface area (Å²) >= 11 is 7.38. The average Bonchev–Trinajstić information content (AvgIpc) is 3.14. The lowest BCUT2D eigenvalue weighted by molar-refractivity contribution is -0.113. The number of carbonyl (C=O) groups excluding carboxylic acids is 1. The van der Waals surface area contributed by atoms with E-state index in [-0.39, 0.29) is 18.3 Å². The molecule has 0 spiro atoms. The number of hydrogen-bond acceptors (Lipinski definition) is 6. The van der Waals surface area contributed by atoms with Gasteiger partial charge in [0.2, 0.25) is 5.91 Å². The van der Waals surface area contributed by atoms with Crippen LogP contribution in [0.3, 0.4) is 0 Å². The summed E-state index contributed by atoms with van der Waals surface area (Å²) in [7, 11) is 3.61. The minimum absolute atomic E-state index is 0.139. The zero-order chi connectivity index (χ0) is 19.4. The molecule has 10 heteroatoms. The normalized spacial score (nSPS) is 10.8. The third-order valence-electron chi connectivity index (χ3n) is 3.72. The van der Waals surface area contributed by atoms with Crippen LogP contribution in [0.2, 0.25) is 5.02 Å². The van der Waals surface area contributed by atoms with Gasteiger partial charge in [-0.25, -0.2) is 0 Å². The molecule has 3 rings (SSSR count). The number of halogens is 1. The first-order chi connectivity index (χ1) is 12.9. The molecule has 1 amide bonds. The molecular weight excluding hydrogens is 388 g/mol. The molecule has 2 aromatic heterocycles. The third kappa shape index (κ3) is 4.81. The number of para-hydroxylation sites is 1. The van der Waals surface area contributed by atoms with Gasteiger partial charge in [-0.2, -0.15) is 5.10 Å². The molecule has 0 bridgehead atoms. The van der Waals surface area contributed by atoms with E-state index in [9.17, 15) is 4.79 Å². The maximum atomic E-state index is 12.1. The number of nitrogens with one attached hydrogen (secondary N) is 1. The number of amides is 1. The van der Waals surface area contributed by atoms with E-state index in [0.717, 1.165) is 5.69 Å². The number of aryl methyl sites for hydroxylation is 2. The second-order valence-electron chi connectivity index (χ2n) is 5.81. The molecule has 0 aliphatic carbocycles. The van der Waals surface area contributed by atoms with Crippen molar-refractivity contribution in [2.75, 3.05) is 11.1 Å². The number of carbonyl (C=O) groups is 1. The Hall–Kier alpha value is -2.52. The minimum atomic E-state index is -0.139. The lowest BCUT2D eigenvalue weighted by Gasteiger charge is -2.08. The predicted octanol–water partition coefficient (Wildman–Crippen LogP) is 2.82. The molecular formula is C17H19ClN6O2S. The topological polar surface area (TPSA) is 86.9 Å². The van der Waals surface area contributed by atoms with Crippen LogP contribution >= 0.6 is 23.4 Å².